The van der Waals surface area contributed by atoms with Crippen molar-refractivity contribution in [2.45, 2.75) is 64.1 Å². The van der Waals surface area contributed by atoms with Crippen molar-refractivity contribution >= 4 is 18.4 Å². The summed E-state index contributed by atoms with van der Waals surface area (Å²) < 4.78 is 31.0. The minimum atomic E-state index is -0.852. The maximum Gasteiger partial charge on any atom is 0.368 e. The summed E-state index contributed by atoms with van der Waals surface area (Å²) in [6.07, 6.45) is 3.93. The lowest BCUT2D eigenvalue weighted by Crippen LogP contribution is -2.56. The van der Waals surface area contributed by atoms with E-state index in [1.807, 2.05) is 0 Å². The smallest absolute Gasteiger partial charge is 0.368 e. The number of rotatable bonds is 5. The number of halogens is 2. The molecular formula is C23H31F2N9O2. The van der Waals surface area contributed by atoms with Crippen molar-refractivity contribution in [1.29, 1.82) is 0 Å². The topological polar surface area (TPSA) is 125 Å². The van der Waals surface area contributed by atoms with Crippen LogP contribution in [0, 0.1) is 5.82 Å². The highest BCUT2D eigenvalue weighted by molar-refractivity contribution is 5.97. The lowest BCUT2D eigenvalue weighted by molar-refractivity contribution is 0.0398. The summed E-state index contributed by atoms with van der Waals surface area (Å²) in [6.45, 7) is 10.2. The van der Waals surface area contributed by atoms with E-state index in [9.17, 15) is 18.7 Å². The number of phenolic OH excluding ortho intramolecular Hbond substituents is 1. The van der Waals surface area contributed by atoms with Crippen molar-refractivity contribution in [3.63, 3.8) is 0 Å². The molecule has 3 heterocycles. The van der Waals surface area contributed by atoms with Crippen LogP contribution in [0.5, 0.6) is 5.75 Å². The van der Waals surface area contributed by atoms with Crippen molar-refractivity contribution in [3.8, 4) is 11.4 Å². The molecule has 194 valence electrons. The zero-order chi connectivity index (χ0) is 26.2. The van der Waals surface area contributed by atoms with Crippen LogP contribution in [-0.2, 0) is 7.05 Å². The van der Waals surface area contributed by atoms with E-state index in [2.05, 4.69) is 56.5 Å². The summed E-state index contributed by atoms with van der Waals surface area (Å²) in [5.41, 5.74) is -0.959. The monoisotopic (exact) mass is 503 g/mol. The number of anilines is 1. The van der Waals surface area contributed by atoms with Gasteiger partial charge in [0.15, 0.2) is 11.6 Å². The summed E-state index contributed by atoms with van der Waals surface area (Å²) in [6, 6.07) is 2.39. The maximum absolute atomic E-state index is 14.7. The first-order valence-corrected chi connectivity index (χ1v) is 11.7. The third-order valence-corrected chi connectivity index (χ3v) is 6.75. The highest BCUT2D eigenvalue weighted by atomic mass is 19.1. The van der Waals surface area contributed by atoms with Crippen LogP contribution in [0.3, 0.4) is 0 Å². The number of guanidine groups is 1. The van der Waals surface area contributed by atoms with Gasteiger partial charge in [-0.3, -0.25) is 4.90 Å². The van der Waals surface area contributed by atoms with Crippen LogP contribution in [-0.4, -0.2) is 66.6 Å². The molecule has 36 heavy (non-hydrogen) atoms. The summed E-state index contributed by atoms with van der Waals surface area (Å²) in [7, 11) is 1.38. The fourth-order valence-corrected chi connectivity index (χ4v) is 5.13. The van der Waals surface area contributed by atoms with Gasteiger partial charge in [-0.15, -0.1) is 0 Å². The number of benzene rings is 1. The number of aromatic nitrogens is 4. The van der Waals surface area contributed by atoms with Gasteiger partial charge in [0.05, 0.1) is 5.69 Å². The number of aryl methyl sites for hydroxylation is 1. The Morgan fingerprint density at radius 1 is 1.33 bits per heavy atom. The van der Waals surface area contributed by atoms with Gasteiger partial charge < -0.3 is 15.7 Å². The predicted octanol–water partition coefficient (Wildman–Crippen LogP) is 2.43. The molecule has 2 fully saturated rings. The third kappa shape index (κ3) is 5.01. The molecule has 2 aromatic rings. The van der Waals surface area contributed by atoms with Crippen LogP contribution in [0.4, 0.5) is 14.5 Å². The van der Waals surface area contributed by atoms with Gasteiger partial charge in [0.1, 0.15) is 17.3 Å². The van der Waals surface area contributed by atoms with E-state index in [-0.39, 0.29) is 34.7 Å². The number of nitrogens with one attached hydrogen (secondary N) is 2. The number of nitrogens with zero attached hydrogens (tertiary/aromatic N) is 7. The van der Waals surface area contributed by atoms with E-state index in [1.165, 1.54) is 14.0 Å². The number of piperidine rings is 1. The molecule has 13 heteroatoms. The summed E-state index contributed by atoms with van der Waals surface area (Å²) in [4.78, 5) is 22.7. The number of allylic oxidation sites excluding steroid dienone is 1. The van der Waals surface area contributed by atoms with Crippen molar-refractivity contribution in [2.75, 3.05) is 11.9 Å². The van der Waals surface area contributed by atoms with Crippen LogP contribution in [0.2, 0.25) is 0 Å². The molecule has 4 rings (SSSR count). The molecule has 2 atom stereocenters. The van der Waals surface area contributed by atoms with Crippen LogP contribution in [0.25, 0.3) is 5.69 Å². The Bertz CT molecular complexity index is 1280. The van der Waals surface area contributed by atoms with Gasteiger partial charge in [0, 0.05) is 30.7 Å². The van der Waals surface area contributed by atoms with Gasteiger partial charge in [-0.2, -0.15) is 14.4 Å². The molecule has 1 aromatic heterocycles. The van der Waals surface area contributed by atoms with Gasteiger partial charge in [-0.05, 0) is 76.2 Å². The Labute approximate surface area is 207 Å². The number of fused-ring (bicyclic) bond motifs is 1. The molecule has 3 N–H and O–H groups in total. The number of hydrogen-bond donors (Lipinski definition) is 3. The molecule has 0 spiro atoms. The Morgan fingerprint density at radius 3 is 2.72 bits per heavy atom. The summed E-state index contributed by atoms with van der Waals surface area (Å²) >= 11 is 0. The standard InChI is InChI=1S/C23H31F2N9O2/c1-13(24)20(27-14-9-15-7-6-8-33(15)23(2,3)12-14)29-21(26-4)28-17-11-18(19(35)10-16(17)25)34-22(36)32(5)30-31-34/h10-11,14-15,27,35H,4,6-9,12H2,1-3,5H3,(H,28,29)/b20-13+/t14-,15+/m1/s1. The molecular weight excluding hydrogens is 472 g/mol. The fraction of sp³-hybridized carbons (Fsp3) is 0.522. The maximum atomic E-state index is 14.7. The highest BCUT2D eigenvalue weighted by Crippen LogP contribution is 2.38. The molecule has 2 aliphatic rings. The fourth-order valence-electron chi connectivity index (χ4n) is 5.13. The first-order chi connectivity index (χ1) is 17.0. The van der Waals surface area contributed by atoms with Crippen LogP contribution in [0.15, 0.2) is 38.6 Å². The quantitative estimate of drug-likeness (QED) is 0.325. The van der Waals surface area contributed by atoms with E-state index in [0.717, 1.165) is 53.7 Å². The molecule has 0 amide bonds. The molecule has 0 aliphatic carbocycles. The lowest BCUT2D eigenvalue weighted by Gasteiger charge is -2.48. The largest absolute Gasteiger partial charge is 0.506 e. The molecule has 1 aromatic carbocycles. The molecule has 2 aliphatic heterocycles. The van der Waals surface area contributed by atoms with Crippen LogP contribution >= 0.6 is 0 Å². The number of tetrazole rings is 1. The highest BCUT2D eigenvalue weighted by Gasteiger charge is 2.43. The van der Waals surface area contributed by atoms with Crippen molar-refractivity contribution in [1.82, 2.24) is 30.0 Å². The molecule has 0 bridgehead atoms. The second kappa shape index (κ2) is 9.80. The second-order valence-corrected chi connectivity index (χ2v) is 9.80. The van der Waals surface area contributed by atoms with E-state index in [0.29, 0.717) is 6.04 Å². The third-order valence-electron chi connectivity index (χ3n) is 6.75. The van der Waals surface area contributed by atoms with Gasteiger partial charge in [-0.25, -0.2) is 18.6 Å². The zero-order valence-corrected chi connectivity index (χ0v) is 20.8. The first-order valence-electron chi connectivity index (χ1n) is 11.7. The molecule has 0 radical (unpaired) electrons. The van der Waals surface area contributed by atoms with Gasteiger partial charge in [-0.1, -0.05) is 0 Å². The van der Waals surface area contributed by atoms with E-state index in [4.69, 9.17) is 0 Å². The zero-order valence-electron chi connectivity index (χ0n) is 20.8. The van der Waals surface area contributed by atoms with Crippen molar-refractivity contribution < 1.29 is 13.9 Å². The van der Waals surface area contributed by atoms with Crippen LogP contribution in [0.1, 0.15) is 46.5 Å². The van der Waals surface area contributed by atoms with Gasteiger partial charge >= 0.3 is 5.69 Å². The summed E-state index contributed by atoms with van der Waals surface area (Å²) in [5.74, 6) is -2.12. The predicted molar refractivity (Wildman–Crippen MR) is 133 cm³/mol. The minimum Gasteiger partial charge on any atom is -0.506 e. The SMILES string of the molecule is C=N/C(=N\C(N[C@@H]1C[C@@H]2CCCN2C(C)(C)C1)=C(/C)F)Nc1cc(-n2nnn(C)c2=O)c(O)cc1F. The Morgan fingerprint density at radius 2 is 2.08 bits per heavy atom. The molecule has 2 saturated heterocycles. The number of aromatic hydroxyl groups is 1. The Kier molecular flexibility index (Phi) is 6.94. The molecule has 11 nitrogen and oxygen atoms in total. The second-order valence-electron chi connectivity index (χ2n) is 9.80. The van der Waals surface area contributed by atoms with Crippen molar-refractivity contribution in [3.05, 3.63) is 40.1 Å². The van der Waals surface area contributed by atoms with Gasteiger partial charge in [0.2, 0.25) is 5.96 Å². The molecule has 0 saturated carbocycles. The first kappa shape index (κ1) is 25.5. The van der Waals surface area contributed by atoms with Crippen LogP contribution < -0.4 is 16.3 Å². The summed E-state index contributed by atoms with van der Waals surface area (Å²) in [5, 5.41) is 23.3. The minimum absolute atomic E-state index is 0.00425. The Balaban J connectivity index is 1.58. The Hall–Kier alpha value is -3.61. The number of phenols is 1. The lowest BCUT2D eigenvalue weighted by atomic mass is 9.84. The van der Waals surface area contributed by atoms with E-state index in [1.54, 1.807) is 0 Å². The number of aliphatic imine (C=N–C) groups is 2. The van der Waals surface area contributed by atoms with Crippen molar-refractivity contribution in [2.24, 2.45) is 17.0 Å². The average Bonchev–Trinajstić information content (AvgIpc) is 3.41. The van der Waals surface area contributed by atoms with Gasteiger partial charge in [0.25, 0.3) is 0 Å². The molecule has 0 unspecified atom stereocenters. The number of hydrogen-bond acceptors (Lipinski definition) is 7. The normalized spacial score (nSPS) is 22.7. The average molecular weight is 504 g/mol. The van der Waals surface area contributed by atoms with E-state index < -0.39 is 23.1 Å². The van der Waals surface area contributed by atoms with E-state index >= 15 is 0 Å².